The predicted octanol–water partition coefficient (Wildman–Crippen LogP) is 3.28. The Balaban J connectivity index is 1.96. The van der Waals surface area contributed by atoms with Crippen LogP contribution in [0.5, 0.6) is 6.01 Å². The SMILES string of the molecule is CCCC(=O)Oc1nc2c(C3=CC=CC=CN3)cccc2[nH]1. The van der Waals surface area contributed by atoms with Gasteiger partial charge in [0.1, 0.15) is 5.52 Å². The van der Waals surface area contributed by atoms with Crippen LogP contribution in [0.2, 0.25) is 0 Å². The molecule has 1 aromatic heterocycles. The highest BCUT2D eigenvalue weighted by Gasteiger charge is 2.13. The van der Waals surface area contributed by atoms with E-state index in [1.54, 1.807) is 0 Å². The van der Waals surface area contributed by atoms with Crippen LogP contribution in [-0.2, 0) is 4.79 Å². The van der Waals surface area contributed by atoms with E-state index in [9.17, 15) is 4.79 Å². The number of aromatic amines is 1. The lowest BCUT2D eigenvalue weighted by molar-refractivity contribution is -0.134. The minimum atomic E-state index is -0.277. The number of allylic oxidation sites excluding steroid dienone is 4. The number of nitrogens with one attached hydrogen (secondary N) is 2. The van der Waals surface area contributed by atoms with Gasteiger partial charge in [0.2, 0.25) is 0 Å². The van der Waals surface area contributed by atoms with Crippen LogP contribution in [0.1, 0.15) is 25.3 Å². The summed E-state index contributed by atoms with van der Waals surface area (Å²) in [4.78, 5) is 19.0. The Kier molecular flexibility index (Phi) is 4.05. The van der Waals surface area contributed by atoms with Crippen LogP contribution in [0.3, 0.4) is 0 Å². The summed E-state index contributed by atoms with van der Waals surface area (Å²) in [6.07, 6.45) is 10.8. The van der Waals surface area contributed by atoms with Crippen LogP contribution in [0.25, 0.3) is 16.7 Å². The number of fused-ring (bicyclic) bond motifs is 1. The van der Waals surface area contributed by atoms with Gasteiger partial charge >= 0.3 is 12.0 Å². The number of aromatic nitrogens is 2. The van der Waals surface area contributed by atoms with E-state index < -0.39 is 0 Å². The molecule has 3 rings (SSSR count). The van der Waals surface area contributed by atoms with Crippen molar-refractivity contribution in [2.24, 2.45) is 0 Å². The molecule has 5 heteroatoms. The maximum absolute atomic E-state index is 11.6. The molecule has 2 aromatic rings. The number of para-hydroxylation sites is 1. The molecule has 0 saturated heterocycles. The molecule has 112 valence electrons. The zero-order chi connectivity index (χ0) is 15.4. The average molecular weight is 295 g/mol. The summed E-state index contributed by atoms with van der Waals surface area (Å²) < 4.78 is 5.23. The topological polar surface area (TPSA) is 67.0 Å². The van der Waals surface area contributed by atoms with Crippen molar-refractivity contribution in [2.75, 3.05) is 0 Å². The standard InChI is InChI=1S/C17H17N3O2/c1-2-7-15(21)22-17-19-14-10-6-8-12(16(14)20-17)13-9-4-3-5-11-18-13/h3-6,8-11,18H,2,7H2,1H3,(H,19,20). The van der Waals surface area contributed by atoms with Gasteiger partial charge < -0.3 is 15.0 Å². The van der Waals surface area contributed by atoms with Gasteiger partial charge in [0.15, 0.2) is 0 Å². The smallest absolute Gasteiger partial charge is 0.313 e. The molecule has 2 heterocycles. The van der Waals surface area contributed by atoms with E-state index in [-0.39, 0.29) is 12.0 Å². The van der Waals surface area contributed by atoms with Gasteiger partial charge in [-0.25, -0.2) is 0 Å². The number of H-pyrrole nitrogens is 1. The number of nitrogens with zero attached hydrogens (tertiary/aromatic N) is 1. The third kappa shape index (κ3) is 2.93. The molecule has 22 heavy (non-hydrogen) atoms. The first-order valence-electron chi connectivity index (χ1n) is 7.27. The van der Waals surface area contributed by atoms with Crippen LogP contribution in [0, 0.1) is 0 Å². The van der Waals surface area contributed by atoms with Gasteiger partial charge in [0, 0.05) is 23.9 Å². The van der Waals surface area contributed by atoms with Crippen molar-refractivity contribution in [3.05, 3.63) is 54.3 Å². The molecular weight excluding hydrogens is 278 g/mol. The summed E-state index contributed by atoms with van der Waals surface area (Å²) in [5, 5.41) is 3.22. The number of hydrogen-bond donors (Lipinski definition) is 2. The van der Waals surface area contributed by atoms with E-state index >= 15 is 0 Å². The highest BCUT2D eigenvalue weighted by molar-refractivity contribution is 5.90. The number of hydrogen-bond acceptors (Lipinski definition) is 4. The van der Waals surface area contributed by atoms with Crippen LogP contribution >= 0.6 is 0 Å². The molecule has 1 aromatic carbocycles. The number of carbonyl (C=O) groups excluding carboxylic acids is 1. The van der Waals surface area contributed by atoms with Gasteiger partial charge in [0.05, 0.1) is 5.52 Å². The van der Waals surface area contributed by atoms with E-state index in [0.29, 0.717) is 6.42 Å². The normalized spacial score (nSPS) is 13.6. The first-order valence-corrected chi connectivity index (χ1v) is 7.27. The largest absolute Gasteiger partial charge is 0.392 e. The average Bonchev–Trinajstić information content (AvgIpc) is 2.72. The lowest BCUT2D eigenvalue weighted by Gasteiger charge is -2.06. The van der Waals surface area contributed by atoms with Crippen molar-refractivity contribution in [3.8, 4) is 6.01 Å². The number of esters is 1. The third-order valence-corrected chi connectivity index (χ3v) is 3.27. The second kappa shape index (κ2) is 6.30. The Labute approximate surface area is 128 Å². The summed E-state index contributed by atoms with van der Waals surface area (Å²) in [6.45, 7) is 1.93. The lowest BCUT2D eigenvalue weighted by atomic mass is 10.1. The Morgan fingerprint density at radius 1 is 1.27 bits per heavy atom. The molecule has 0 amide bonds. The lowest BCUT2D eigenvalue weighted by Crippen LogP contribution is -2.07. The zero-order valence-electron chi connectivity index (χ0n) is 12.3. The minimum absolute atomic E-state index is 0.237. The molecule has 0 saturated carbocycles. The second-order valence-corrected chi connectivity index (χ2v) is 4.94. The number of rotatable bonds is 4. The van der Waals surface area contributed by atoms with E-state index in [2.05, 4.69) is 15.3 Å². The number of benzene rings is 1. The fraction of sp³-hybridized carbons (Fsp3) is 0.176. The van der Waals surface area contributed by atoms with E-state index in [1.165, 1.54) is 0 Å². The first-order chi connectivity index (χ1) is 10.8. The van der Waals surface area contributed by atoms with Crippen LogP contribution in [0.4, 0.5) is 0 Å². The highest BCUT2D eigenvalue weighted by Crippen LogP contribution is 2.25. The van der Waals surface area contributed by atoms with Crippen molar-refractivity contribution >= 4 is 22.7 Å². The number of imidazole rings is 1. The molecule has 5 nitrogen and oxygen atoms in total. The fourth-order valence-corrected chi connectivity index (χ4v) is 2.26. The van der Waals surface area contributed by atoms with Gasteiger partial charge in [0.25, 0.3) is 0 Å². The van der Waals surface area contributed by atoms with Gasteiger partial charge in [-0.1, -0.05) is 31.2 Å². The molecular formula is C17H17N3O2. The Morgan fingerprint density at radius 3 is 3.05 bits per heavy atom. The van der Waals surface area contributed by atoms with Gasteiger partial charge in [-0.05, 0) is 24.6 Å². The van der Waals surface area contributed by atoms with Crippen molar-refractivity contribution in [3.63, 3.8) is 0 Å². The van der Waals surface area contributed by atoms with Gasteiger partial charge in [-0.15, -0.1) is 0 Å². The van der Waals surface area contributed by atoms with Crippen molar-refractivity contribution in [2.45, 2.75) is 19.8 Å². The molecule has 0 spiro atoms. The molecule has 1 aliphatic rings. The maximum atomic E-state index is 11.6. The summed E-state index contributed by atoms with van der Waals surface area (Å²) in [6, 6.07) is 6.06. The van der Waals surface area contributed by atoms with E-state index in [1.807, 2.05) is 55.6 Å². The molecule has 0 fully saturated rings. The first kappa shape index (κ1) is 14.1. The molecule has 0 radical (unpaired) electrons. The summed E-state index contributed by atoms with van der Waals surface area (Å²) >= 11 is 0. The number of carbonyl (C=O) groups is 1. The summed E-state index contributed by atoms with van der Waals surface area (Å²) in [7, 11) is 0. The highest BCUT2D eigenvalue weighted by atomic mass is 16.5. The van der Waals surface area contributed by atoms with Crippen LogP contribution < -0.4 is 10.1 Å². The van der Waals surface area contributed by atoms with Gasteiger partial charge in [-0.2, -0.15) is 4.98 Å². The summed E-state index contributed by atoms with van der Waals surface area (Å²) in [5.74, 6) is -0.277. The molecule has 1 aliphatic heterocycles. The quantitative estimate of drug-likeness (QED) is 0.849. The molecule has 0 bridgehead atoms. The molecule has 0 aliphatic carbocycles. The van der Waals surface area contributed by atoms with E-state index in [4.69, 9.17) is 4.74 Å². The molecule has 2 N–H and O–H groups in total. The maximum Gasteiger partial charge on any atom is 0.313 e. The number of ether oxygens (including phenoxy) is 1. The molecule has 0 atom stereocenters. The van der Waals surface area contributed by atoms with Crippen molar-refractivity contribution in [1.29, 1.82) is 0 Å². The fourth-order valence-electron chi connectivity index (χ4n) is 2.26. The van der Waals surface area contributed by atoms with Crippen molar-refractivity contribution in [1.82, 2.24) is 15.3 Å². The zero-order valence-corrected chi connectivity index (χ0v) is 12.3. The second-order valence-electron chi connectivity index (χ2n) is 4.94. The Bertz CT molecular complexity index is 784. The predicted molar refractivity (Wildman–Crippen MR) is 86.0 cm³/mol. The summed E-state index contributed by atoms with van der Waals surface area (Å²) in [5.41, 5.74) is 3.48. The third-order valence-electron chi connectivity index (χ3n) is 3.27. The Hall–Kier alpha value is -2.82. The van der Waals surface area contributed by atoms with E-state index in [0.717, 1.165) is 28.7 Å². The molecule has 0 unspecified atom stereocenters. The monoisotopic (exact) mass is 295 g/mol. The van der Waals surface area contributed by atoms with Crippen LogP contribution in [0.15, 0.2) is 48.7 Å². The van der Waals surface area contributed by atoms with Crippen LogP contribution in [-0.4, -0.2) is 15.9 Å². The minimum Gasteiger partial charge on any atom is -0.392 e. The Morgan fingerprint density at radius 2 is 2.18 bits per heavy atom. The van der Waals surface area contributed by atoms with Gasteiger partial charge in [-0.3, -0.25) is 4.79 Å². The van der Waals surface area contributed by atoms with Crippen molar-refractivity contribution < 1.29 is 9.53 Å².